The van der Waals surface area contributed by atoms with Crippen LogP contribution in [0.1, 0.15) is 128 Å². The number of aromatic nitrogens is 2. The quantitative estimate of drug-likeness (QED) is 0.157. The fourth-order valence-electron chi connectivity index (χ4n) is 15.5. The Balaban J connectivity index is 1.12. The molecule has 12 aromatic carbocycles. The van der Waals surface area contributed by atoms with E-state index in [0.29, 0.717) is 23.3 Å². The SMILES string of the molecule is CC(C)(C)c1ccc2cc3c(c(-c4ccccc4)c2c1)C1=NC3=Nc2c3c(-c4ccccc4)c4cc(C(C)(C)C)ccc4cc3c3[n]2[Ga]([Br])[n]2c(c4cc5ccc(C(C)(C)C)cc5c(-c5ccccc5)c4c2=NC2=NC(=N3)c3c2cc2ccc(C(C)(C)C)cc2c3-c2ccccc2)=N1. The number of hydrogen-bond donors (Lipinski definition) is 0. The Morgan fingerprint density at radius 1 is 0.276 bits per heavy atom. The van der Waals surface area contributed by atoms with Gasteiger partial charge in [-0.05, 0) is 0 Å². The van der Waals surface area contributed by atoms with Crippen LogP contribution in [-0.2, 0) is 21.7 Å². The molecule has 14 aromatic rings. The average molecular weight is 1390 g/mol. The number of aliphatic imine (C=N–C) groups is 4. The third kappa shape index (κ3) is 9.37. The number of fused-ring (bicyclic) bond motifs is 18. The second kappa shape index (κ2) is 21.6. The van der Waals surface area contributed by atoms with Crippen LogP contribution in [0.2, 0.25) is 0 Å². The Morgan fingerprint density at radius 2 is 0.612 bits per heavy atom. The van der Waals surface area contributed by atoms with Crippen molar-refractivity contribution in [3.63, 3.8) is 0 Å². The molecular weight excluding hydrogens is 1320 g/mol. The molecule has 0 saturated carbocycles. The zero-order valence-corrected chi connectivity index (χ0v) is 61.3. The Kier molecular flexibility index (Phi) is 13.3. The van der Waals surface area contributed by atoms with Gasteiger partial charge in [-0.2, -0.15) is 0 Å². The Labute approximate surface area is 583 Å². The minimum atomic E-state index is -3.91. The molecule has 0 fully saturated rings. The van der Waals surface area contributed by atoms with Crippen molar-refractivity contribution >= 4 is 128 Å². The summed E-state index contributed by atoms with van der Waals surface area (Å²) in [6, 6.07) is 81.1. The third-order valence-electron chi connectivity index (χ3n) is 20.7. The van der Waals surface area contributed by atoms with E-state index in [-0.39, 0.29) is 21.7 Å². The predicted molar refractivity (Wildman–Crippen MR) is 417 cm³/mol. The van der Waals surface area contributed by atoms with E-state index in [1.165, 1.54) is 22.3 Å². The van der Waals surface area contributed by atoms with Gasteiger partial charge < -0.3 is 0 Å². The zero-order valence-electron chi connectivity index (χ0n) is 57.3. The van der Waals surface area contributed by atoms with Crippen molar-refractivity contribution in [2.24, 2.45) is 30.0 Å². The van der Waals surface area contributed by atoms with Gasteiger partial charge >= 0.3 is 588 Å². The van der Waals surface area contributed by atoms with Gasteiger partial charge in [0.2, 0.25) is 0 Å². The van der Waals surface area contributed by atoms with Gasteiger partial charge in [-0.15, -0.1) is 0 Å². The fraction of sp³-hybridized carbons (Fsp3) is 0.182. The Bertz CT molecular complexity index is 6120. The van der Waals surface area contributed by atoms with Crippen LogP contribution in [0, 0.1) is 0 Å². The van der Waals surface area contributed by atoms with Crippen molar-refractivity contribution in [3.8, 4) is 44.5 Å². The molecule has 98 heavy (non-hydrogen) atoms. The first-order valence-corrected chi connectivity index (χ1v) is 42.1. The van der Waals surface area contributed by atoms with Crippen LogP contribution in [0.3, 0.4) is 0 Å². The summed E-state index contributed by atoms with van der Waals surface area (Å²) in [5, 5.41) is 12.8. The molecular formula is C88H72BrGaN8. The molecule has 18 rings (SSSR count). The van der Waals surface area contributed by atoms with E-state index in [4.69, 9.17) is 43.5 Å². The molecule has 0 atom stereocenters. The molecule has 4 aliphatic heterocycles. The van der Waals surface area contributed by atoms with E-state index < -0.39 is 14.7 Å². The van der Waals surface area contributed by atoms with Crippen molar-refractivity contribution < 1.29 is 0 Å². The van der Waals surface area contributed by atoms with Crippen LogP contribution in [0.15, 0.2) is 248 Å². The van der Waals surface area contributed by atoms with Crippen molar-refractivity contribution in [1.29, 1.82) is 0 Å². The topological polar surface area (TPSA) is 84.0 Å². The number of hydrogen-bond acceptors (Lipinski definition) is 6. The van der Waals surface area contributed by atoms with Crippen LogP contribution >= 0.6 is 13.6 Å². The molecule has 0 unspecified atom stereocenters. The normalized spacial score (nSPS) is 14.4. The summed E-state index contributed by atoms with van der Waals surface area (Å²) in [7, 11) is 0. The van der Waals surface area contributed by atoms with Gasteiger partial charge in [0.15, 0.2) is 0 Å². The second-order valence-corrected chi connectivity index (χ2v) is 38.9. The first-order chi connectivity index (χ1) is 47.0. The Morgan fingerprint density at radius 3 is 1.04 bits per heavy atom. The van der Waals surface area contributed by atoms with Gasteiger partial charge in [0.05, 0.1) is 0 Å². The van der Waals surface area contributed by atoms with Gasteiger partial charge in [-0.1, -0.05) is 0 Å². The first kappa shape index (κ1) is 60.6. The van der Waals surface area contributed by atoms with E-state index in [0.717, 1.165) is 154 Å². The molecule has 0 aliphatic carbocycles. The predicted octanol–water partition coefficient (Wildman–Crippen LogP) is 21.8. The van der Waals surface area contributed by atoms with E-state index >= 15 is 0 Å². The molecule has 0 spiro atoms. The molecule has 10 heteroatoms. The summed E-state index contributed by atoms with van der Waals surface area (Å²) in [4.78, 5) is 36.7. The second-order valence-electron chi connectivity index (χ2n) is 31.2. The van der Waals surface area contributed by atoms with Gasteiger partial charge in [-0.25, -0.2) is 0 Å². The Hall–Kier alpha value is -9.84. The number of nitrogens with zero attached hydrogens (tertiary/aromatic N) is 8. The molecule has 0 amide bonds. The number of halogens is 1. The van der Waals surface area contributed by atoms with Gasteiger partial charge in [-0.3, -0.25) is 0 Å². The average Bonchev–Trinajstić information content (AvgIpc) is 1.53. The number of rotatable bonds is 4. The summed E-state index contributed by atoms with van der Waals surface area (Å²) in [6.07, 6.45) is 0. The monoisotopic (exact) mass is 1390 g/mol. The van der Waals surface area contributed by atoms with Crippen LogP contribution in [0.5, 0.6) is 0 Å². The van der Waals surface area contributed by atoms with E-state index in [2.05, 4.69) is 308 Å². The molecule has 0 N–H and O–H groups in total. The zero-order chi connectivity index (χ0) is 67.2. The summed E-state index contributed by atoms with van der Waals surface area (Å²) in [5.74, 6) is 3.89. The van der Waals surface area contributed by atoms with Gasteiger partial charge in [0, 0.05) is 0 Å². The van der Waals surface area contributed by atoms with E-state index in [1.807, 2.05) is 0 Å². The first-order valence-electron chi connectivity index (χ1n) is 34.2. The molecule has 474 valence electrons. The number of amidine groups is 4. The molecule has 4 aliphatic rings. The molecule has 6 heterocycles. The van der Waals surface area contributed by atoms with Crippen LogP contribution in [0.4, 0.5) is 11.6 Å². The summed E-state index contributed by atoms with van der Waals surface area (Å²) in [5.41, 5.74) is 18.3. The molecule has 6 bridgehead atoms. The van der Waals surface area contributed by atoms with Crippen LogP contribution in [0.25, 0.3) is 109 Å². The van der Waals surface area contributed by atoms with Crippen LogP contribution in [-0.4, -0.2) is 44.6 Å². The van der Waals surface area contributed by atoms with Crippen molar-refractivity contribution in [2.45, 2.75) is 105 Å². The molecule has 0 saturated heterocycles. The molecule has 0 radical (unpaired) electrons. The minimum absolute atomic E-state index is 0.126. The van der Waals surface area contributed by atoms with E-state index in [9.17, 15) is 0 Å². The summed E-state index contributed by atoms with van der Waals surface area (Å²) >= 11 is 0.955. The number of benzene rings is 12. The maximum atomic E-state index is 6.23. The third-order valence-corrected chi connectivity index (χ3v) is 28.8. The van der Waals surface area contributed by atoms with Crippen molar-refractivity contribution in [2.75, 3.05) is 0 Å². The van der Waals surface area contributed by atoms with Gasteiger partial charge in [0.25, 0.3) is 0 Å². The van der Waals surface area contributed by atoms with Crippen LogP contribution < -0.4 is 11.0 Å². The van der Waals surface area contributed by atoms with E-state index in [1.54, 1.807) is 0 Å². The standard InChI is InChI=1S/C88H72N8.BrH.Ga/c1-85(2,3)57-37-33-53-41-65-73(69(61(53)45-57)49-25-17-13-18-26-49)81-89-77(65)94-82-75-67(43-55-35-39-59(87(7,8)9)47-63(55)71(75)51-29-21-15-22-30-51)79(91-82)96-84-76-68(44-56-36-40-60(88(10,11)12)48-64(56)72(76)52-31-23-16-24-32-52)80(92-84)95-83-74-66(78(90-83)93-81)42-54-34-38-58(86(4,5)6)46-62(54)70(74)50-27-19-14-20-28-50;;/h13-48H,1-12H3;1H;/q-2;;+3/p-1. The maximum absolute atomic E-state index is 6.23. The van der Waals surface area contributed by atoms with Crippen molar-refractivity contribution in [3.05, 3.63) is 274 Å². The summed E-state index contributed by atoms with van der Waals surface area (Å²) in [6.45, 7) is 27.6. The van der Waals surface area contributed by atoms with Gasteiger partial charge in [0.1, 0.15) is 0 Å². The van der Waals surface area contributed by atoms with Crippen molar-refractivity contribution in [1.82, 2.24) is 6.55 Å². The summed E-state index contributed by atoms with van der Waals surface area (Å²) < 4.78 is 4.99. The molecule has 8 nitrogen and oxygen atoms in total. The fourth-order valence-corrected chi connectivity index (χ4v) is 23.4. The molecule has 2 aromatic heterocycles.